The van der Waals surface area contributed by atoms with Crippen molar-refractivity contribution >= 4 is 5.97 Å². The lowest BCUT2D eigenvalue weighted by atomic mass is 10.1. The van der Waals surface area contributed by atoms with E-state index in [1.165, 1.54) is 0 Å². The van der Waals surface area contributed by atoms with Gasteiger partial charge in [0.2, 0.25) is 0 Å². The lowest BCUT2D eigenvalue weighted by Crippen LogP contribution is -2.33. The maximum atomic E-state index is 10.6. The minimum atomic E-state index is -0.793. The van der Waals surface area contributed by atoms with E-state index >= 15 is 0 Å². The van der Waals surface area contributed by atoms with Crippen LogP contribution in [-0.2, 0) is 11.3 Å². The number of nitrogens with one attached hydrogen (secondary N) is 1. The molecule has 0 spiro atoms. The summed E-state index contributed by atoms with van der Waals surface area (Å²) in [5.41, 5.74) is 0. The zero-order chi connectivity index (χ0) is 10.4. The van der Waals surface area contributed by atoms with Gasteiger partial charge in [-0.05, 0) is 19.9 Å². The van der Waals surface area contributed by atoms with Crippen LogP contribution < -0.4 is 5.32 Å². The highest BCUT2D eigenvalue weighted by Crippen LogP contribution is 2.00. The number of aliphatic carboxylic acids is 1. The van der Waals surface area contributed by atoms with Gasteiger partial charge in [-0.1, -0.05) is 0 Å². The Morgan fingerprint density at radius 2 is 2.50 bits per heavy atom. The minimum Gasteiger partial charge on any atom is -0.480 e. The summed E-state index contributed by atoms with van der Waals surface area (Å²) in [6, 6.07) is -0.446. The molecule has 5 nitrogen and oxygen atoms in total. The van der Waals surface area contributed by atoms with Gasteiger partial charge in [-0.15, -0.1) is 0 Å². The molecule has 5 heteroatoms. The molecular formula is C9H15N3O2. The van der Waals surface area contributed by atoms with Crippen LogP contribution in [0.1, 0.15) is 12.8 Å². The van der Waals surface area contributed by atoms with E-state index in [1.807, 2.05) is 10.8 Å². The summed E-state index contributed by atoms with van der Waals surface area (Å²) in [6.07, 6.45) is 6.77. The van der Waals surface area contributed by atoms with Crippen LogP contribution in [0.4, 0.5) is 0 Å². The maximum absolute atomic E-state index is 10.6. The summed E-state index contributed by atoms with van der Waals surface area (Å²) < 4.78 is 1.94. The average molecular weight is 197 g/mol. The second kappa shape index (κ2) is 5.39. The minimum absolute atomic E-state index is 0.446. The fourth-order valence-corrected chi connectivity index (χ4v) is 1.29. The predicted molar refractivity (Wildman–Crippen MR) is 51.9 cm³/mol. The Balaban J connectivity index is 2.23. The fraction of sp³-hybridized carbons (Fsp3) is 0.556. The first-order chi connectivity index (χ1) is 6.74. The van der Waals surface area contributed by atoms with Gasteiger partial charge >= 0.3 is 5.97 Å². The molecule has 0 radical (unpaired) electrons. The van der Waals surface area contributed by atoms with Crippen LogP contribution in [0.2, 0.25) is 0 Å². The molecule has 0 aliphatic carbocycles. The third-order valence-electron chi connectivity index (χ3n) is 2.11. The van der Waals surface area contributed by atoms with Gasteiger partial charge in [0.25, 0.3) is 0 Å². The molecule has 1 unspecified atom stereocenters. The van der Waals surface area contributed by atoms with Crippen molar-refractivity contribution in [2.24, 2.45) is 0 Å². The van der Waals surface area contributed by atoms with Crippen molar-refractivity contribution in [3.8, 4) is 0 Å². The van der Waals surface area contributed by atoms with E-state index in [9.17, 15) is 4.79 Å². The number of rotatable bonds is 6. The molecule has 0 aliphatic rings. The van der Waals surface area contributed by atoms with Crippen molar-refractivity contribution in [2.45, 2.75) is 25.4 Å². The summed E-state index contributed by atoms with van der Waals surface area (Å²) >= 11 is 0. The number of aryl methyl sites for hydroxylation is 1. The second-order valence-corrected chi connectivity index (χ2v) is 3.12. The molecule has 1 rings (SSSR count). The summed E-state index contributed by atoms with van der Waals surface area (Å²) in [7, 11) is 1.66. The lowest BCUT2D eigenvalue weighted by molar-refractivity contribution is -0.139. The molecule has 14 heavy (non-hydrogen) atoms. The monoisotopic (exact) mass is 197 g/mol. The Kier molecular flexibility index (Phi) is 4.12. The predicted octanol–water partition coefficient (Wildman–Crippen LogP) is 0.336. The van der Waals surface area contributed by atoms with Crippen molar-refractivity contribution in [2.75, 3.05) is 7.05 Å². The Morgan fingerprint density at radius 3 is 3.00 bits per heavy atom. The van der Waals surface area contributed by atoms with Gasteiger partial charge in [-0.3, -0.25) is 4.79 Å². The first-order valence-corrected chi connectivity index (χ1v) is 4.60. The Labute approximate surface area is 82.8 Å². The van der Waals surface area contributed by atoms with E-state index in [-0.39, 0.29) is 0 Å². The second-order valence-electron chi connectivity index (χ2n) is 3.12. The highest BCUT2D eigenvalue weighted by molar-refractivity contribution is 5.73. The van der Waals surface area contributed by atoms with Gasteiger partial charge in [-0.2, -0.15) is 0 Å². The van der Waals surface area contributed by atoms with Crippen molar-refractivity contribution < 1.29 is 9.90 Å². The molecule has 1 atom stereocenters. The molecule has 78 valence electrons. The number of aromatic nitrogens is 2. The smallest absolute Gasteiger partial charge is 0.320 e. The van der Waals surface area contributed by atoms with Crippen molar-refractivity contribution in [3.05, 3.63) is 18.7 Å². The molecule has 0 aromatic carbocycles. The maximum Gasteiger partial charge on any atom is 0.320 e. The van der Waals surface area contributed by atoms with Gasteiger partial charge in [-0.25, -0.2) is 4.98 Å². The van der Waals surface area contributed by atoms with Crippen LogP contribution in [0.25, 0.3) is 0 Å². The number of hydrogen-bond donors (Lipinski definition) is 2. The van der Waals surface area contributed by atoms with E-state index in [1.54, 1.807) is 19.6 Å². The van der Waals surface area contributed by atoms with Gasteiger partial charge in [0, 0.05) is 18.9 Å². The third kappa shape index (κ3) is 3.18. The number of carboxylic acids is 1. The molecule has 0 saturated heterocycles. The number of likely N-dealkylation sites (N-methyl/N-ethyl adjacent to an activating group) is 1. The largest absolute Gasteiger partial charge is 0.480 e. The molecule has 1 heterocycles. The topological polar surface area (TPSA) is 67.2 Å². The van der Waals surface area contributed by atoms with E-state index in [0.29, 0.717) is 6.42 Å². The lowest BCUT2D eigenvalue weighted by Gasteiger charge is -2.10. The van der Waals surface area contributed by atoms with E-state index in [0.717, 1.165) is 13.0 Å². The van der Waals surface area contributed by atoms with Crippen molar-refractivity contribution in [1.29, 1.82) is 0 Å². The average Bonchev–Trinajstić information content (AvgIpc) is 2.64. The van der Waals surface area contributed by atoms with Crippen LogP contribution in [-0.4, -0.2) is 33.7 Å². The van der Waals surface area contributed by atoms with Crippen LogP contribution in [0.15, 0.2) is 18.7 Å². The summed E-state index contributed by atoms with van der Waals surface area (Å²) in [5.74, 6) is -0.793. The number of carboxylic acid groups (broad SMARTS) is 1. The molecule has 0 saturated carbocycles. The summed E-state index contributed by atoms with van der Waals surface area (Å²) in [6.45, 7) is 0.811. The Hall–Kier alpha value is -1.36. The van der Waals surface area contributed by atoms with Gasteiger partial charge in [0.05, 0.1) is 6.33 Å². The normalized spacial score (nSPS) is 12.6. The van der Waals surface area contributed by atoms with Crippen LogP contribution >= 0.6 is 0 Å². The van der Waals surface area contributed by atoms with Gasteiger partial charge in [0.15, 0.2) is 0 Å². The van der Waals surface area contributed by atoms with Crippen LogP contribution in [0.5, 0.6) is 0 Å². The van der Waals surface area contributed by atoms with Crippen LogP contribution in [0, 0.1) is 0 Å². The highest BCUT2D eigenvalue weighted by Gasteiger charge is 2.13. The van der Waals surface area contributed by atoms with Crippen molar-refractivity contribution in [3.63, 3.8) is 0 Å². The number of hydrogen-bond acceptors (Lipinski definition) is 3. The number of imidazole rings is 1. The van der Waals surface area contributed by atoms with E-state index < -0.39 is 12.0 Å². The van der Waals surface area contributed by atoms with Crippen molar-refractivity contribution in [1.82, 2.24) is 14.9 Å². The standard InChI is InChI=1S/C9H15N3O2/c1-10-8(9(13)14)3-2-5-12-6-4-11-7-12/h4,6-8,10H,2-3,5H2,1H3,(H,13,14). The zero-order valence-electron chi connectivity index (χ0n) is 8.18. The van der Waals surface area contributed by atoms with Gasteiger partial charge in [0.1, 0.15) is 6.04 Å². The Bertz CT molecular complexity index is 272. The highest BCUT2D eigenvalue weighted by atomic mass is 16.4. The van der Waals surface area contributed by atoms with E-state index in [2.05, 4.69) is 10.3 Å². The fourth-order valence-electron chi connectivity index (χ4n) is 1.29. The van der Waals surface area contributed by atoms with E-state index in [4.69, 9.17) is 5.11 Å². The molecule has 1 aromatic heterocycles. The Morgan fingerprint density at radius 1 is 1.71 bits per heavy atom. The number of nitrogens with zero attached hydrogens (tertiary/aromatic N) is 2. The molecule has 1 aromatic rings. The first-order valence-electron chi connectivity index (χ1n) is 4.60. The SMILES string of the molecule is CNC(CCCn1ccnc1)C(=O)O. The quantitative estimate of drug-likeness (QED) is 0.690. The molecule has 2 N–H and O–H groups in total. The summed E-state index contributed by atoms with van der Waals surface area (Å²) in [4.78, 5) is 14.5. The molecule has 0 amide bonds. The molecular weight excluding hydrogens is 182 g/mol. The third-order valence-corrected chi connectivity index (χ3v) is 2.11. The van der Waals surface area contributed by atoms with Gasteiger partial charge < -0.3 is 15.0 Å². The molecule has 0 fully saturated rings. The summed E-state index contributed by atoms with van der Waals surface area (Å²) in [5, 5.41) is 11.5. The number of carbonyl (C=O) groups is 1. The first kappa shape index (κ1) is 10.7. The molecule has 0 aliphatic heterocycles. The van der Waals surface area contributed by atoms with Crippen LogP contribution in [0.3, 0.4) is 0 Å². The molecule has 0 bridgehead atoms. The zero-order valence-corrected chi connectivity index (χ0v) is 8.18.